The molecule has 2 heterocycles. The van der Waals surface area contributed by atoms with Crippen LogP contribution in [0.4, 0.5) is 0 Å². The molecule has 0 unspecified atom stereocenters. The highest BCUT2D eigenvalue weighted by molar-refractivity contribution is 5.18. The highest BCUT2D eigenvalue weighted by Crippen LogP contribution is 2.16. The SMILES string of the molecule is CC(C)c1ccc[nH]1.CC(C)c1cccn1Cc1ccccc1. The number of aromatic nitrogens is 2. The first-order valence-corrected chi connectivity index (χ1v) is 8.40. The molecule has 3 rings (SSSR count). The Labute approximate surface area is 140 Å². The Bertz CT molecular complexity index is 661. The van der Waals surface area contributed by atoms with Gasteiger partial charge in [-0.25, -0.2) is 0 Å². The van der Waals surface area contributed by atoms with Gasteiger partial charge >= 0.3 is 0 Å². The third-order valence-electron chi connectivity index (χ3n) is 3.90. The molecule has 0 saturated carbocycles. The fourth-order valence-corrected chi connectivity index (χ4v) is 2.58. The minimum atomic E-state index is 0.587. The van der Waals surface area contributed by atoms with Crippen LogP contribution in [0.5, 0.6) is 0 Å². The third kappa shape index (κ3) is 5.17. The fraction of sp³-hybridized carbons (Fsp3) is 0.333. The van der Waals surface area contributed by atoms with Crippen LogP contribution in [0.25, 0.3) is 0 Å². The summed E-state index contributed by atoms with van der Waals surface area (Å²) in [6.45, 7) is 9.78. The maximum atomic E-state index is 3.14. The van der Waals surface area contributed by atoms with Gasteiger partial charge in [0.25, 0.3) is 0 Å². The Morgan fingerprint density at radius 3 is 2.09 bits per heavy atom. The molecule has 2 nitrogen and oxygen atoms in total. The second kappa shape index (κ2) is 8.42. The van der Waals surface area contributed by atoms with E-state index >= 15 is 0 Å². The van der Waals surface area contributed by atoms with Crippen molar-refractivity contribution in [3.63, 3.8) is 0 Å². The smallest absolute Gasteiger partial charge is 0.0472 e. The van der Waals surface area contributed by atoms with E-state index in [1.165, 1.54) is 17.0 Å². The monoisotopic (exact) mass is 308 g/mol. The van der Waals surface area contributed by atoms with Gasteiger partial charge < -0.3 is 9.55 Å². The van der Waals surface area contributed by atoms with E-state index in [-0.39, 0.29) is 0 Å². The summed E-state index contributed by atoms with van der Waals surface area (Å²) in [5, 5.41) is 0. The largest absolute Gasteiger partial charge is 0.365 e. The van der Waals surface area contributed by atoms with Gasteiger partial charge in [-0.05, 0) is 41.7 Å². The van der Waals surface area contributed by atoms with Crippen LogP contribution >= 0.6 is 0 Å². The molecule has 1 aromatic carbocycles. The Morgan fingerprint density at radius 2 is 1.57 bits per heavy atom. The minimum absolute atomic E-state index is 0.587. The zero-order valence-electron chi connectivity index (χ0n) is 14.7. The van der Waals surface area contributed by atoms with Crippen molar-refractivity contribution in [3.05, 3.63) is 83.9 Å². The van der Waals surface area contributed by atoms with Crippen LogP contribution < -0.4 is 0 Å². The first kappa shape index (κ1) is 17.1. The van der Waals surface area contributed by atoms with E-state index in [1.54, 1.807) is 0 Å². The number of benzene rings is 1. The lowest BCUT2D eigenvalue weighted by Crippen LogP contribution is -2.04. The Morgan fingerprint density at radius 1 is 0.826 bits per heavy atom. The summed E-state index contributed by atoms with van der Waals surface area (Å²) in [5.74, 6) is 1.22. The minimum Gasteiger partial charge on any atom is -0.365 e. The lowest BCUT2D eigenvalue weighted by atomic mass is 10.1. The lowest BCUT2D eigenvalue weighted by Gasteiger charge is -2.11. The molecule has 0 radical (unpaired) electrons. The summed E-state index contributed by atoms with van der Waals surface area (Å²) in [7, 11) is 0. The molecule has 3 aromatic rings. The van der Waals surface area contributed by atoms with Crippen LogP contribution in [-0.4, -0.2) is 9.55 Å². The first-order chi connectivity index (χ1) is 11.1. The lowest BCUT2D eigenvalue weighted by molar-refractivity contribution is 0.693. The molecule has 0 saturated heterocycles. The van der Waals surface area contributed by atoms with Crippen LogP contribution in [0.3, 0.4) is 0 Å². The maximum Gasteiger partial charge on any atom is 0.0472 e. The third-order valence-corrected chi connectivity index (χ3v) is 3.90. The number of H-pyrrole nitrogens is 1. The van der Waals surface area contributed by atoms with Crippen LogP contribution in [0.1, 0.15) is 56.5 Å². The van der Waals surface area contributed by atoms with Gasteiger partial charge in [-0.2, -0.15) is 0 Å². The van der Waals surface area contributed by atoms with Crippen molar-refractivity contribution < 1.29 is 0 Å². The molecule has 23 heavy (non-hydrogen) atoms. The van der Waals surface area contributed by atoms with Crippen molar-refractivity contribution in [2.24, 2.45) is 0 Å². The van der Waals surface area contributed by atoms with Gasteiger partial charge in [-0.1, -0.05) is 58.0 Å². The first-order valence-electron chi connectivity index (χ1n) is 8.40. The standard InChI is InChI=1S/C14H17N.C7H11N/c1-12(2)14-9-6-10-15(14)11-13-7-4-3-5-8-13;1-6(2)7-4-3-5-8-7/h3-10,12H,11H2,1-2H3;3-6,8H,1-2H3. The predicted molar refractivity (Wildman–Crippen MR) is 98.9 cm³/mol. The summed E-state index contributed by atoms with van der Waals surface area (Å²) < 4.78 is 2.32. The van der Waals surface area contributed by atoms with Crippen molar-refractivity contribution in [2.45, 2.75) is 46.1 Å². The molecule has 0 spiro atoms. The van der Waals surface area contributed by atoms with E-state index in [1.807, 2.05) is 12.3 Å². The van der Waals surface area contributed by atoms with Crippen molar-refractivity contribution in [1.29, 1.82) is 0 Å². The highest BCUT2D eigenvalue weighted by atomic mass is 15.0. The fourth-order valence-electron chi connectivity index (χ4n) is 2.58. The molecule has 0 aliphatic carbocycles. The van der Waals surface area contributed by atoms with Crippen molar-refractivity contribution in [1.82, 2.24) is 9.55 Å². The average molecular weight is 308 g/mol. The topological polar surface area (TPSA) is 20.7 Å². The summed E-state index contributed by atoms with van der Waals surface area (Å²) in [5.41, 5.74) is 4.07. The Balaban J connectivity index is 0.000000203. The number of hydrogen-bond donors (Lipinski definition) is 1. The van der Waals surface area contributed by atoms with Crippen molar-refractivity contribution in [3.8, 4) is 0 Å². The molecule has 0 bridgehead atoms. The second-order valence-corrected chi connectivity index (χ2v) is 6.48. The van der Waals surface area contributed by atoms with E-state index in [2.05, 4.69) is 92.0 Å². The van der Waals surface area contributed by atoms with E-state index in [0.717, 1.165) is 6.54 Å². The molecular weight excluding hydrogens is 280 g/mol. The van der Waals surface area contributed by atoms with Crippen LogP contribution in [0.15, 0.2) is 67.0 Å². The van der Waals surface area contributed by atoms with E-state index in [0.29, 0.717) is 11.8 Å². The molecule has 2 aromatic heterocycles. The molecule has 0 fully saturated rings. The molecule has 122 valence electrons. The van der Waals surface area contributed by atoms with E-state index in [9.17, 15) is 0 Å². The van der Waals surface area contributed by atoms with Crippen LogP contribution in [0.2, 0.25) is 0 Å². The summed E-state index contributed by atoms with van der Waals surface area (Å²) in [4.78, 5) is 3.14. The quantitative estimate of drug-likeness (QED) is 0.629. The number of nitrogens with one attached hydrogen (secondary N) is 1. The number of rotatable bonds is 4. The second-order valence-electron chi connectivity index (χ2n) is 6.48. The van der Waals surface area contributed by atoms with Crippen LogP contribution in [-0.2, 0) is 6.54 Å². The molecule has 2 heteroatoms. The molecule has 0 amide bonds. The summed E-state index contributed by atoms with van der Waals surface area (Å²) in [6, 6.07) is 19.0. The van der Waals surface area contributed by atoms with E-state index in [4.69, 9.17) is 0 Å². The summed E-state index contributed by atoms with van der Waals surface area (Å²) >= 11 is 0. The molecule has 1 N–H and O–H groups in total. The van der Waals surface area contributed by atoms with Gasteiger partial charge in [0, 0.05) is 30.3 Å². The highest BCUT2D eigenvalue weighted by Gasteiger charge is 2.04. The Kier molecular flexibility index (Phi) is 6.28. The normalized spacial score (nSPS) is 10.7. The Hall–Kier alpha value is -2.22. The van der Waals surface area contributed by atoms with Gasteiger partial charge in [0.15, 0.2) is 0 Å². The van der Waals surface area contributed by atoms with Gasteiger partial charge in [-0.3, -0.25) is 0 Å². The number of aromatic amines is 1. The van der Waals surface area contributed by atoms with Gasteiger partial charge in [-0.15, -0.1) is 0 Å². The molecule has 0 aliphatic rings. The number of nitrogens with zero attached hydrogens (tertiary/aromatic N) is 1. The van der Waals surface area contributed by atoms with Gasteiger partial charge in [0.2, 0.25) is 0 Å². The molecule has 0 aliphatic heterocycles. The van der Waals surface area contributed by atoms with Gasteiger partial charge in [0.05, 0.1) is 0 Å². The average Bonchev–Trinajstić information content (AvgIpc) is 3.20. The van der Waals surface area contributed by atoms with Crippen molar-refractivity contribution in [2.75, 3.05) is 0 Å². The zero-order valence-corrected chi connectivity index (χ0v) is 14.7. The van der Waals surface area contributed by atoms with E-state index < -0.39 is 0 Å². The van der Waals surface area contributed by atoms with Crippen molar-refractivity contribution >= 4 is 0 Å². The summed E-state index contributed by atoms with van der Waals surface area (Å²) in [6.07, 6.45) is 4.11. The molecular formula is C21H28N2. The zero-order chi connectivity index (χ0) is 16.7. The van der Waals surface area contributed by atoms with Gasteiger partial charge in [0.1, 0.15) is 0 Å². The maximum absolute atomic E-state index is 3.14. The predicted octanol–water partition coefficient (Wildman–Crippen LogP) is 5.80. The van der Waals surface area contributed by atoms with Crippen LogP contribution in [0, 0.1) is 0 Å². The number of hydrogen-bond acceptors (Lipinski definition) is 0. The molecule has 0 atom stereocenters.